The van der Waals surface area contributed by atoms with Gasteiger partial charge in [0.15, 0.2) is 23.0 Å². The zero-order valence-electron chi connectivity index (χ0n) is 15.2. The molecule has 0 aliphatic carbocycles. The van der Waals surface area contributed by atoms with E-state index in [0.29, 0.717) is 18.2 Å². The fourth-order valence-corrected chi connectivity index (χ4v) is 3.09. The van der Waals surface area contributed by atoms with E-state index in [1.165, 1.54) is 0 Å². The number of nitrogens with one attached hydrogen (secondary N) is 2. The van der Waals surface area contributed by atoms with Crippen LogP contribution in [0, 0.1) is 6.92 Å². The molecule has 3 aromatic rings. The van der Waals surface area contributed by atoms with Crippen molar-refractivity contribution in [3.63, 3.8) is 0 Å². The summed E-state index contributed by atoms with van der Waals surface area (Å²) in [5.41, 5.74) is 1.94. The van der Waals surface area contributed by atoms with E-state index in [0.717, 1.165) is 40.1 Å². The molecule has 0 unspecified atom stereocenters. The molecule has 2 aliphatic heterocycles. The Morgan fingerprint density at radius 3 is 2.29 bits per heavy atom. The molecule has 2 aromatic carbocycles. The first-order chi connectivity index (χ1) is 13.7. The van der Waals surface area contributed by atoms with Crippen molar-refractivity contribution in [3.05, 3.63) is 53.9 Å². The van der Waals surface area contributed by atoms with Crippen molar-refractivity contribution in [3.8, 4) is 23.0 Å². The summed E-state index contributed by atoms with van der Waals surface area (Å²) >= 11 is 0. The number of rotatable bonds is 5. The molecule has 0 saturated heterocycles. The molecule has 0 spiro atoms. The van der Waals surface area contributed by atoms with Crippen LogP contribution in [0.15, 0.2) is 42.5 Å². The van der Waals surface area contributed by atoms with Gasteiger partial charge < -0.3 is 29.6 Å². The fraction of sp³-hybridized carbons (Fsp3) is 0.200. The van der Waals surface area contributed by atoms with Gasteiger partial charge in [-0.15, -0.1) is 0 Å². The third-order valence-electron chi connectivity index (χ3n) is 4.39. The second kappa shape index (κ2) is 6.80. The number of nitrogens with zero attached hydrogens (tertiary/aromatic N) is 2. The van der Waals surface area contributed by atoms with Gasteiger partial charge in [0.25, 0.3) is 0 Å². The molecule has 5 rings (SSSR count). The lowest BCUT2D eigenvalue weighted by molar-refractivity contribution is 0.173. The normalized spacial score (nSPS) is 13.5. The number of benzene rings is 2. The number of aryl methyl sites for hydroxylation is 1. The van der Waals surface area contributed by atoms with Crippen molar-refractivity contribution < 1.29 is 18.9 Å². The Morgan fingerprint density at radius 2 is 1.46 bits per heavy atom. The summed E-state index contributed by atoms with van der Waals surface area (Å²) in [6.45, 7) is 2.98. The number of fused-ring (bicyclic) bond motifs is 2. The number of ether oxygens (including phenoxy) is 4. The molecule has 0 radical (unpaired) electrons. The molecule has 28 heavy (non-hydrogen) atoms. The predicted molar refractivity (Wildman–Crippen MR) is 103 cm³/mol. The van der Waals surface area contributed by atoms with E-state index < -0.39 is 0 Å². The van der Waals surface area contributed by atoms with Gasteiger partial charge in [-0.05, 0) is 36.8 Å². The van der Waals surface area contributed by atoms with E-state index in [-0.39, 0.29) is 13.6 Å². The average Bonchev–Trinajstić information content (AvgIpc) is 3.34. The number of hydrogen-bond acceptors (Lipinski definition) is 8. The predicted octanol–water partition coefficient (Wildman–Crippen LogP) is 3.60. The number of hydrogen-bond donors (Lipinski definition) is 2. The molecule has 0 atom stereocenters. The standard InChI is InChI=1S/C20H18N4O4/c1-12-22-19(21-9-13-2-4-15-17(6-13)27-10-25-15)8-20(23-12)24-14-3-5-16-18(7-14)28-11-26-16/h2-8H,9-11H2,1H3,(H2,21,22,23,24). The summed E-state index contributed by atoms with van der Waals surface area (Å²) in [5.74, 6) is 5.10. The first-order valence-corrected chi connectivity index (χ1v) is 8.88. The van der Waals surface area contributed by atoms with Gasteiger partial charge in [-0.1, -0.05) is 6.07 Å². The average molecular weight is 378 g/mol. The van der Waals surface area contributed by atoms with Crippen LogP contribution in [0.5, 0.6) is 23.0 Å². The molecular weight excluding hydrogens is 360 g/mol. The smallest absolute Gasteiger partial charge is 0.231 e. The molecular formula is C20H18N4O4. The molecule has 0 bridgehead atoms. The highest BCUT2D eigenvalue weighted by molar-refractivity contribution is 5.63. The SMILES string of the molecule is Cc1nc(NCc2ccc3c(c2)OCO3)cc(Nc2ccc3c(c2)OCO3)n1. The van der Waals surface area contributed by atoms with Gasteiger partial charge >= 0.3 is 0 Å². The third kappa shape index (κ3) is 3.32. The van der Waals surface area contributed by atoms with E-state index in [4.69, 9.17) is 18.9 Å². The number of aromatic nitrogens is 2. The van der Waals surface area contributed by atoms with Crippen LogP contribution in [0.4, 0.5) is 17.3 Å². The number of anilines is 3. The minimum Gasteiger partial charge on any atom is -0.454 e. The van der Waals surface area contributed by atoms with Crippen LogP contribution in [0.3, 0.4) is 0 Å². The van der Waals surface area contributed by atoms with Crippen LogP contribution in [-0.2, 0) is 6.54 Å². The van der Waals surface area contributed by atoms with Crippen LogP contribution >= 0.6 is 0 Å². The summed E-state index contributed by atoms with van der Waals surface area (Å²) in [7, 11) is 0. The maximum atomic E-state index is 5.42. The van der Waals surface area contributed by atoms with Gasteiger partial charge in [0.2, 0.25) is 13.6 Å². The largest absolute Gasteiger partial charge is 0.454 e. The lowest BCUT2D eigenvalue weighted by Gasteiger charge is -2.11. The van der Waals surface area contributed by atoms with Gasteiger partial charge in [0, 0.05) is 24.4 Å². The lowest BCUT2D eigenvalue weighted by atomic mass is 10.2. The Labute approximate surface area is 161 Å². The van der Waals surface area contributed by atoms with Crippen LogP contribution in [-0.4, -0.2) is 23.6 Å². The van der Waals surface area contributed by atoms with Crippen molar-refractivity contribution in [1.29, 1.82) is 0 Å². The Hall–Kier alpha value is -3.68. The van der Waals surface area contributed by atoms with Gasteiger partial charge in [-0.2, -0.15) is 0 Å². The maximum Gasteiger partial charge on any atom is 0.231 e. The molecule has 142 valence electrons. The fourth-order valence-electron chi connectivity index (χ4n) is 3.09. The monoisotopic (exact) mass is 378 g/mol. The summed E-state index contributed by atoms with van der Waals surface area (Å²) in [6, 6.07) is 13.4. The topological polar surface area (TPSA) is 86.8 Å². The van der Waals surface area contributed by atoms with Crippen LogP contribution in [0.25, 0.3) is 0 Å². The molecule has 0 amide bonds. The van der Waals surface area contributed by atoms with Crippen molar-refractivity contribution in [2.75, 3.05) is 24.2 Å². The highest BCUT2D eigenvalue weighted by Gasteiger charge is 2.14. The highest BCUT2D eigenvalue weighted by atomic mass is 16.7. The molecule has 0 fully saturated rings. The second-order valence-electron chi connectivity index (χ2n) is 6.42. The van der Waals surface area contributed by atoms with E-state index in [1.807, 2.05) is 49.4 Å². The van der Waals surface area contributed by atoms with Crippen molar-refractivity contribution >= 4 is 17.3 Å². The quantitative estimate of drug-likeness (QED) is 0.696. The molecule has 2 N–H and O–H groups in total. The van der Waals surface area contributed by atoms with E-state index in [1.54, 1.807) is 0 Å². The molecule has 2 aliphatic rings. The highest BCUT2D eigenvalue weighted by Crippen LogP contribution is 2.35. The van der Waals surface area contributed by atoms with E-state index >= 15 is 0 Å². The summed E-state index contributed by atoms with van der Waals surface area (Å²) in [5, 5.41) is 6.61. The minimum absolute atomic E-state index is 0.249. The Balaban J connectivity index is 1.30. The summed E-state index contributed by atoms with van der Waals surface area (Å²) in [6.07, 6.45) is 0. The molecule has 0 saturated carbocycles. The zero-order valence-corrected chi connectivity index (χ0v) is 15.2. The van der Waals surface area contributed by atoms with Crippen molar-refractivity contribution in [2.45, 2.75) is 13.5 Å². The van der Waals surface area contributed by atoms with Crippen LogP contribution in [0.1, 0.15) is 11.4 Å². The first kappa shape index (κ1) is 16.5. The van der Waals surface area contributed by atoms with E-state index in [9.17, 15) is 0 Å². The van der Waals surface area contributed by atoms with Crippen LogP contribution in [0.2, 0.25) is 0 Å². The van der Waals surface area contributed by atoms with Crippen molar-refractivity contribution in [2.24, 2.45) is 0 Å². The van der Waals surface area contributed by atoms with Gasteiger partial charge in [0.05, 0.1) is 0 Å². The second-order valence-corrected chi connectivity index (χ2v) is 6.42. The maximum absolute atomic E-state index is 5.42. The third-order valence-corrected chi connectivity index (χ3v) is 4.39. The van der Waals surface area contributed by atoms with Gasteiger partial charge in [-0.3, -0.25) is 0 Å². The lowest BCUT2D eigenvalue weighted by Crippen LogP contribution is -2.05. The Bertz CT molecular complexity index is 1040. The first-order valence-electron chi connectivity index (χ1n) is 8.88. The summed E-state index contributed by atoms with van der Waals surface area (Å²) < 4.78 is 21.5. The van der Waals surface area contributed by atoms with Gasteiger partial charge in [-0.25, -0.2) is 9.97 Å². The molecule has 8 heteroatoms. The molecule has 1 aromatic heterocycles. The zero-order chi connectivity index (χ0) is 18.9. The van der Waals surface area contributed by atoms with Crippen molar-refractivity contribution in [1.82, 2.24) is 9.97 Å². The minimum atomic E-state index is 0.249. The Morgan fingerprint density at radius 1 is 0.786 bits per heavy atom. The van der Waals surface area contributed by atoms with Crippen LogP contribution < -0.4 is 29.6 Å². The molecule has 3 heterocycles. The Kier molecular flexibility index (Phi) is 4.01. The molecule has 8 nitrogen and oxygen atoms in total. The van der Waals surface area contributed by atoms with Gasteiger partial charge in [0.1, 0.15) is 17.5 Å². The summed E-state index contributed by atoms with van der Waals surface area (Å²) in [4.78, 5) is 8.91. The van der Waals surface area contributed by atoms with E-state index in [2.05, 4.69) is 20.6 Å².